The van der Waals surface area contributed by atoms with E-state index in [0.29, 0.717) is 17.2 Å². The van der Waals surface area contributed by atoms with Crippen molar-refractivity contribution in [3.63, 3.8) is 0 Å². The van der Waals surface area contributed by atoms with Crippen LogP contribution in [0, 0.1) is 6.92 Å². The van der Waals surface area contributed by atoms with Gasteiger partial charge in [-0.05, 0) is 19.9 Å². The number of aryl methyl sites for hydroxylation is 1. The zero-order chi connectivity index (χ0) is 18.7. The molecular formula is C18H24N2O4S. The Labute approximate surface area is 151 Å². The van der Waals surface area contributed by atoms with Gasteiger partial charge < -0.3 is 14.1 Å². The number of furan rings is 1. The number of hydrogen-bond acceptors (Lipinski definition) is 6. The van der Waals surface area contributed by atoms with E-state index >= 15 is 0 Å². The SMILES string of the molecule is COC(=O)Cc1occc1C(=O)N(C)[C@@H](C)c1sc(C(C)C)nc1C. The predicted molar refractivity (Wildman–Crippen MR) is 95.9 cm³/mol. The van der Waals surface area contributed by atoms with Gasteiger partial charge in [-0.15, -0.1) is 11.3 Å². The maximum Gasteiger partial charge on any atom is 0.313 e. The second kappa shape index (κ2) is 7.82. The predicted octanol–water partition coefficient (Wildman–Crippen LogP) is 3.72. The number of methoxy groups -OCH3 is 1. The van der Waals surface area contributed by atoms with Crippen LogP contribution in [-0.2, 0) is 16.0 Å². The van der Waals surface area contributed by atoms with Gasteiger partial charge in [0.15, 0.2) is 0 Å². The number of ether oxygens (including phenoxy) is 1. The van der Waals surface area contributed by atoms with Gasteiger partial charge in [0.25, 0.3) is 5.91 Å². The fourth-order valence-electron chi connectivity index (χ4n) is 2.48. The molecule has 2 heterocycles. The summed E-state index contributed by atoms with van der Waals surface area (Å²) in [4.78, 5) is 31.7. The molecule has 0 spiro atoms. The lowest BCUT2D eigenvalue weighted by molar-refractivity contribution is -0.140. The van der Waals surface area contributed by atoms with Crippen molar-refractivity contribution in [3.05, 3.63) is 39.2 Å². The van der Waals surface area contributed by atoms with Crippen LogP contribution in [0.4, 0.5) is 0 Å². The lowest BCUT2D eigenvalue weighted by Gasteiger charge is -2.24. The lowest BCUT2D eigenvalue weighted by Crippen LogP contribution is -2.30. The fourth-order valence-corrected chi connectivity index (χ4v) is 3.64. The Kier molecular flexibility index (Phi) is 6.00. The molecule has 0 aromatic carbocycles. The number of nitrogens with zero attached hydrogens (tertiary/aromatic N) is 2. The van der Waals surface area contributed by atoms with Gasteiger partial charge in [-0.2, -0.15) is 0 Å². The molecule has 1 atom stereocenters. The highest BCUT2D eigenvalue weighted by molar-refractivity contribution is 7.11. The van der Waals surface area contributed by atoms with Gasteiger partial charge in [0.2, 0.25) is 0 Å². The molecule has 25 heavy (non-hydrogen) atoms. The van der Waals surface area contributed by atoms with Crippen molar-refractivity contribution in [1.29, 1.82) is 0 Å². The van der Waals surface area contributed by atoms with Gasteiger partial charge in [0.1, 0.15) is 12.2 Å². The minimum Gasteiger partial charge on any atom is -0.469 e. The molecule has 6 nitrogen and oxygen atoms in total. The third kappa shape index (κ3) is 4.10. The molecule has 0 saturated heterocycles. The first-order valence-electron chi connectivity index (χ1n) is 8.13. The summed E-state index contributed by atoms with van der Waals surface area (Å²) in [5.41, 5.74) is 1.33. The second-order valence-corrected chi connectivity index (χ2v) is 7.32. The Morgan fingerprint density at radius 1 is 1.36 bits per heavy atom. The van der Waals surface area contributed by atoms with Crippen molar-refractivity contribution in [3.8, 4) is 0 Å². The first-order valence-corrected chi connectivity index (χ1v) is 8.95. The van der Waals surface area contributed by atoms with Crippen LogP contribution < -0.4 is 0 Å². The Morgan fingerprint density at radius 2 is 2.04 bits per heavy atom. The molecule has 2 aromatic heterocycles. The maximum atomic E-state index is 12.9. The molecule has 2 aromatic rings. The summed E-state index contributed by atoms with van der Waals surface area (Å²) in [6.07, 6.45) is 1.35. The van der Waals surface area contributed by atoms with Crippen molar-refractivity contribution in [2.75, 3.05) is 14.2 Å². The topological polar surface area (TPSA) is 72.6 Å². The molecule has 0 aliphatic carbocycles. The smallest absolute Gasteiger partial charge is 0.313 e. The quantitative estimate of drug-likeness (QED) is 0.731. The molecule has 0 aliphatic rings. The molecule has 0 aliphatic heterocycles. The van der Waals surface area contributed by atoms with Crippen molar-refractivity contribution < 1.29 is 18.7 Å². The highest BCUT2D eigenvalue weighted by atomic mass is 32.1. The number of rotatable bonds is 6. The Bertz CT molecular complexity index is 763. The summed E-state index contributed by atoms with van der Waals surface area (Å²) in [5.74, 6) is 0.0321. The molecule has 0 N–H and O–H groups in total. The second-order valence-electron chi connectivity index (χ2n) is 6.26. The van der Waals surface area contributed by atoms with Crippen LogP contribution in [0.5, 0.6) is 0 Å². The normalized spacial score (nSPS) is 12.3. The number of thiazole rings is 1. The molecule has 7 heteroatoms. The number of carbonyl (C=O) groups excluding carboxylic acids is 2. The zero-order valence-corrected chi connectivity index (χ0v) is 16.3. The monoisotopic (exact) mass is 364 g/mol. The van der Waals surface area contributed by atoms with E-state index in [9.17, 15) is 9.59 Å². The Morgan fingerprint density at radius 3 is 2.60 bits per heavy atom. The minimum atomic E-state index is -0.445. The summed E-state index contributed by atoms with van der Waals surface area (Å²) in [6, 6.07) is 1.46. The third-order valence-electron chi connectivity index (χ3n) is 4.13. The molecule has 2 rings (SSSR count). The molecule has 0 unspecified atom stereocenters. The number of aromatic nitrogens is 1. The minimum absolute atomic E-state index is 0.0656. The summed E-state index contributed by atoms with van der Waals surface area (Å²) >= 11 is 1.63. The molecule has 0 radical (unpaired) electrons. The van der Waals surface area contributed by atoms with Crippen LogP contribution in [0.3, 0.4) is 0 Å². The Balaban J connectivity index is 2.23. The lowest BCUT2D eigenvalue weighted by atomic mass is 10.1. The van der Waals surface area contributed by atoms with Crippen LogP contribution >= 0.6 is 11.3 Å². The van der Waals surface area contributed by atoms with E-state index in [2.05, 4.69) is 23.6 Å². The number of hydrogen-bond donors (Lipinski definition) is 0. The fraction of sp³-hybridized carbons (Fsp3) is 0.500. The van der Waals surface area contributed by atoms with Crippen molar-refractivity contribution >= 4 is 23.2 Å². The van der Waals surface area contributed by atoms with Crippen LogP contribution in [0.2, 0.25) is 0 Å². The van der Waals surface area contributed by atoms with Gasteiger partial charge >= 0.3 is 5.97 Å². The number of amides is 1. The van der Waals surface area contributed by atoms with E-state index in [4.69, 9.17) is 4.42 Å². The molecular weight excluding hydrogens is 340 g/mol. The van der Waals surface area contributed by atoms with Gasteiger partial charge in [-0.1, -0.05) is 13.8 Å². The van der Waals surface area contributed by atoms with Crippen molar-refractivity contribution in [2.45, 2.75) is 46.1 Å². The Hall–Kier alpha value is -2.15. The van der Waals surface area contributed by atoms with Gasteiger partial charge in [0.05, 0.1) is 35.7 Å². The highest BCUT2D eigenvalue weighted by Gasteiger charge is 2.26. The summed E-state index contributed by atoms with van der Waals surface area (Å²) < 4.78 is 9.94. The average Bonchev–Trinajstić information content (AvgIpc) is 3.19. The van der Waals surface area contributed by atoms with E-state index in [1.54, 1.807) is 29.4 Å². The van der Waals surface area contributed by atoms with Gasteiger partial charge in [-0.3, -0.25) is 9.59 Å². The van der Waals surface area contributed by atoms with Crippen LogP contribution in [-0.4, -0.2) is 35.9 Å². The largest absolute Gasteiger partial charge is 0.469 e. The molecule has 1 amide bonds. The first-order chi connectivity index (χ1) is 11.8. The molecule has 136 valence electrons. The summed E-state index contributed by atoms with van der Waals surface area (Å²) in [7, 11) is 3.05. The molecule has 0 bridgehead atoms. The summed E-state index contributed by atoms with van der Waals surface area (Å²) in [5, 5.41) is 1.06. The van der Waals surface area contributed by atoms with E-state index in [1.165, 1.54) is 13.4 Å². The molecule has 0 fully saturated rings. The highest BCUT2D eigenvalue weighted by Crippen LogP contribution is 2.32. The van der Waals surface area contributed by atoms with E-state index in [-0.39, 0.29) is 18.4 Å². The van der Waals surface area contributed by atoms with E-state index in [0.717, 1.165) is 15.6 Å². The number of carbonyl (C=O) groups is 2. The summed E-state index contributed by atoms with van der Waals surface area (Å²) in [6.45, 7) is 8.15. The van der Waals surface area contributed by atoms with Crippen LogP contribution in [0.15, 0.2) is 16.7 Å². The van der Waals surface area contributed by atoms with Crippen molar-refractivity contribution in [1.82, 2.24) is 9.88 Å². The van der Waals surface area contributed by atoms with Gasteiger partial charge in [0, 0.05) is 17.8 Å². The number of esters is 1. The van der Waals surface area contributed by atoms with Gasteiger partial charge in [-0.25, -0.2) is 4.98 Å². The van der Waals surface area contributed by atoms with E-state index in [1.807, 2.05) is 13.8 Å². The van der Waals surface area contributed by atoms with Crippen LogP contribution in [0.1, 0.15) is 64.4 Å². The maximum absolute atomic E-state index is 12.9. The average molecular weight is 364 g/mol. The zero-order valence-electron chi connectivity index (χ0n) is 15.5. The van der Waals surface area contributed by atoms with E-state index < -0.39 is 5.97 Å². The first kappa shape index (κ1) is 19.2. The van der Waals surface area contributed by atoms with Crippen molar-refractivity contribution in [2.24, 2.45) is 0 Å². The molecule has 0 saturated carbocycles. The third-order valence-corrected chi connectivity index (χ3v) is 5.76. The van der Waals surface area contributed by atoms with Crippen LogP contribution in [0.25, 0.3) is 0 Å². The standard InChI is InChI=1S/C18H24N2O4S/c1-10(2)17-19-11(3)16(25-17)12(4)20(5)18(22)13-7-8-24-14(13)9-15(21)23-6/h7-8,10,12H,9H2,1-6H3/t12-/m0/s1.